The van der Waals surface area contributed by atoms with Crippen molar-refractivity contribution in [1.29, 1.82) is 0 Å². The molecule has 12 nitrogen and oxygen atoms in total. The Kier molecular flexibility index (Phi) is 14.7. The van der Waals surface area contributed by atoms with Gasteiger partial charge in [0, 0.05) is 75.1 Å². The first-order valence-electron chi connectivity index (χ1n) is 20.1. The molecule has 0 fully saturated rings. The molecule has 1 aliphatic rings. The number of anilines is 3. The predicted octanol–water partition coefficient (Wildman–Crippen LogP) is 11.7. The minimum atomic E-state index is -3.27. The number of benzene rings is 4. The molecule has 16 heteroatoms. The van der Waals surface area contributed by atoms with Gasteiger partial charge < -0.3 is 25.5 Å². The molecule has 6 aromatic rings. The summed E-state index contributed by atoms with van der Waals surface area (Å²) in [5, 5.41) is 9.23. The molecule has 1 aliphatic heterocycles. The zero-order valence-corrected chi connectivity index (χ0v) is 37.4. The summed E-state index contributed by atoms with van der Waals surface area (Å²) in [5.41, 5.74) is 5.17. The highest BCUT2D eigenvalue weighted by Gasteiger charge is 2.51. The molecule has 3 heterocycles. The lowest BCUT2D eigenvalue weighted by Gasteiger charge is -2.21. The molecular formula is C44H50ClN5O7PS2+. The Hall–Kier alpha value is -4.27. The second-order valence-corrected chi connectivity index (χ2v) is 19.4. The minimum Gasteiger partial charge on any atom is -0.351 e. The van der Waals surface area contributed by atoms with E-state index < -0.39 is 8.17 Å². The van der Waals surface area contributed by atoms with E-state index in [1.807, 2.05) is 66.9 Å². The van der Waals surface area contributed by atoms with Crippen LogP contribution in [0.25, 0.3) is 32.6 Å². The molecule has 0 saturated carbocycles. The van der Waals surface area contributed by atoms with Gasteiger partial charge in [-0.15, -0.1) is 25.2 Å². The van der Waals surface area contributed by atoms with Gasteiger partial charge in [-0.2, -0.15) is 0 Å². The SMILES string of the molecule is CCCCO[P+](OC)(OCCCC)Oc1cc2c(c3ccccc13)[C@H](CCl)CN2C(=O)c1cc2cc(NC(=O)c3cc4cc(NC(=O)CCSSC)ccc4[nH]3)ccc2[nH]1. The van der Waals surface area contributed by atoms with Crippen molar-refractivity contribution in [2.45, 2.75) is 51.9 Å². The van der Waals surface area contributed by atoms with Crippen LogP contribution in [0.2, 0.25) is 0 Å². The number of rotatable bonds is 20. The largest absolute Gasteiger partial charge is 0.621 e. The first-order valence-corrected chi connectivity index (χ1v) is 24.8. The third-order valence-electron chi connectivity index (χ3n) is 10.3. The van der Waals surface area contributed by atoms with Crippen LogP contribution < -0.4 is 20.1 Å². The van der Waals surface area contributed by atoms with E-state index in [1.165, 1.54) is 0 Å². The molecule has 0 bridgehead atoms. The number of aromatic amines is 2. The maximum absolute atomic E-state index is 14.5. The lowest BCUT2D eigenvalue weighted by atomic mass is 9.95. The topological polar surface area (TPSA) is 147 Å². The van der Waals surface area contributed by atoms with Gasteiger partial charge >= 0.3 is 8.17 Å². The molecule has 0 saturated heterocycles. The molecule has 1 atom stereocenters. The van der Waals surface area contributed by atoms with Crippen molar-refractivity contribution in [3.05, 3.63) is 95.8 Å². The lowest BCUT2D eigenvalue weighted by Crippen LogP contribution is -2.30. The molecule has 4 aromatic carbocycles. The Labute approximate surface area is 363 Å². The van der Waals surface area contributed by atoms with Gasteiger partial charge in [-0.3, -0.25) is 18.9 Å². The van der Waals surface area contributed by atoms with E-state index in [1.54, 1.807) is 51.8 Å². The fourth-order valence-corrected chi connectivity index (χ4v) is 10.2. The summed E-state index contributed by atoms with van der Waals surface area (Å²) in [4.78, 5) is 48.5. The molecule has 2 aromatic heterocycles. The molecule has 4 N–H and O–H groups in total. The van der Waals surface area contributed by atoms with Gasteiger partial charge in [-0.1, -0.05) is 72.5 Å². The van der Waals surface area contributed by atoms with Crippen LogP contribution in [0.3, 0.4) is 0 Å². The first kappa shape index (κ1) is 43.8. The summed E-state index contributed by atoms with van der Waals surface area (Å²) in [6.45, 7) is 5.40. The summed E-state index contributed by atoms with van der Waals surface area (Å²) in [6, 6.07) is 24.3. The monoisotopic (exact) mass is 890 g/mol. The molecule has 0 unspecified atom stereocenters. The van der Waals surface area contributed by atoms with E-state index >= 15 is 0 Å². The minimum absolute atomic E-state index is 0.0567. The van der Waals surface area contributed by atoms with E-state index in [2.05, 4.69) is 34.4 Å². The van der Waals surface area contributed by atoms with E-state index in [9.17, 15) is 14.4 Å². The fraction of sp³-hybridized carbons (Fsp3) is 0.341. The van der Waals surface area contributed by atoms with Crippen LogP contribution >= 0.6 is 41.4 Å². The van der Waals surface area contributed by atoms with Gasteiger partial charge in [-0.25, -0.2) is 0 Å². The van der Waals surface area contributed by atoms with Gasteiger partial charge in [0.2, 0.25) is 5.91 Å². The highest BCUT2D eigenvalue weighted by molar-refractivity contribution is 8.76. The van der Waals surface area contributed by atoms with Gasteiger partial charge in [0.25, 0.3) is 11.8 Å². The van der Waals surface area contributed by atoms with E-state index in [0.717, 1.165) is 69.6 Å². The molecule has 316 valence electrons. The maximum atomic E-state index is 14.5. The molecule has 0 radical (unpaired) electrons. The summed E-state index contributed by atoms with van der Waals surface area (Å²) in [5.74, 6) is 0.811. The first-order chi connectivity index (χ1) is 29.2. The molecule has 0 aliphatic carbocycles. The van der Waals surface area contributed by atoms with E-state index in [-0.39, 0.29) is 23.6 Å². The maximum Gasteiger partial charge on any atom is 0.621 e. The number of alkyl halides is 1. The number of nitrogens with one attached hydrogen (secondary N) is 4. The zero-order chi connectivity index (χ0) is 42.2. The number of H-pyrrole nitrogens is 2. The molecular weight excluding hydrogens is 841 g/mol. The highest BCUT2D eigenvalue weighted by atomic mass is 35.5. The standard InChI is InChI=1S/C44H49ClN5O7PS2/c1-5-7-18-55-58(54-3,56-19-8-6-2)57-40-25-39-42(34-12-10-9-11-33(34)40)30(26-45)27-50(39)44(53)38-24-29-22-32(14-16-36(29)49-38)47-43(52)37-23-28-21-31(13-15-35(28)48-37)46-41(51)17-20-60-59-4/h9-16,21-25,30H,5-8,17-20,26-27H2,1-4H3,(H3-,46,47,48,49,51,52,53)/p+1/t30-/m1/s1. The Morgan fingerprint density at radius 1 is 0.850 bits per heavy atom. The smallest absolute Gasteiger partial charge is 0.351 e. The van der Waals surface area contributed by atoms with Crippen molar-refractivity contribution in [2.75, 3.05) is 60.3 Å². The van der Waals surface area contributed by atoms with Crippen molar-refractivity contribution >= 4 is 109 Å². The highest BCUT2D eigenvalue weighted by Crippen LogP contribution is 2.63. The van der Waals surface area contributed by atoms with Gasteiger partial charge in [0.15, 0.2) is 5.75 Å². The normalized spacial score (nSPS) is 13.9. The molecule has 0 spiro atoms. The van der Waals surface area contributed by atoms with Crippen molar-refractivity contribution in [3.8, 4) is 5.75 Å². The summed E-state index contributed by atoms with van der Waals surface area (Å²) < 4.78 is 25.1. The second kappa shape index (κ2) is 20.1. The third-order valence-corrected chi connectivity index (χ3v) is 14.3. The van der Waals surface area contributed by atoms with Gasteiger partial charge in [0.05, 0.1) is 12.8 Å². The number of hydrogen-bond acceptors (Lipinski definition) is 9. The van der Waals surface area contributed by atoms with Gasteiger partial charge in [-0.05, 0) is 78.6 Å². The number of hydrogen-bond donors (Lipinski definition) is 4. The summed E-state index contributed by atoms with van der Waals surface area (Å²) in [7, 11) is 1.55. The van der Waals surface area contributed by atoms with Crippen molar-refractivity contribution in [1.82, 2.24) is 9.97 Å². The Bertz CT molecular complexity index is 2490. The average molecular weight is 891 g/mol. The Morgan fingerprint density at radius 3 is 2.12 bits per heavy atom. The summed E-state index contributed by atoms with van der Waals surface area (Å²) in [6.07, 6.45) is 5.92. The average Bonchev–Trinajstić information content (AvgIpc) is 3.99. The lowest BCUT2D eigenvalue weighted by molar-refractivity contribution is -0.115. The number of unbranched alkanes of at least 4 members (excludes halogenated alkanes) is 2. The van der Waals surface area contributed by atoms with Crippen molar-refractivity contribution in [3.63, 3.8) is 0 Å². The van der Waals surface area contributed by atoms with Crippen molar-refractivity contribution in [2.24, 2.45) is 0 Å². The van der Waals surface area contributed by atoms with E-state index in [4.69, 9.17) is 29.7 Å². The van der Waals surface area contributed by atoms with E-state index in [0.29, 0.717) is 66.3 Å². The van der Waals surface area contributed by atoms with Crippen LogP contribution in [0.5, 0.6) is 5.75 Å². The second-order valence-electron chi connectivity index (χ2n) is 14.4. The van der Waals surface area contributed by atoms with Crippen molar-refractivity contribution < 1.29 is 32.5 Å². The Morgan fingerprint density at radius 2 is 1.48 bits per heavy atom. The van der Waals surface area contributed by atoms with Crippen LogP contribution in [0.15, 0.2) is 78.9 Å². The van der Waals surface area contributed by atoms with Crippen LogP contribution in [-0.2, 0) is 18.4 Å². The number of carbonyl (C=O) groups is 3. The quantitative estimate of drug-likeness (QED) is 0.0254. The number of aromatic nitrogens is 2. The number of halogens is 1. The van der Waals surface area contributed by atoms with Crippen LogP contribution in [0.4, 0.5) is 17.1 Å². The Balaban J connectivity index is 1.12. The van der Waals surface area contributed by atoms with Gasteiger partial charge in [0.1, 0.15) is 24.6 Å². The van der Waals surface area contributed by atoms with Crippen LogP contribution in [0.1, 0.15) is 78.4 Å². The number of fused-ring (bicyclic) bond motifs is 5. The summed E-state index contributed by atoms with van der Waals surface area (Å²) >= 11 is 6.61. The predicted molar refractivity (Wildman–Crippen MR) is 249 cm³/mol. The fourth-order valence-electron chi connectivity index (χ4n) is 7.24. The molecule has 3 amide bonds. The zero-order valence-electron chi connectivity index (χ0n) is 34.1. The van der Waals surface area contributed by atoms with Crippen LogP contribution in [-0.4, -0.2) is 72.4 Å². The molecule has 7 rings (SSSR count). The third kappa shape index (κ3) is 9.76. The number of amides is 3. The number of nitrogens with zero attached hydrogens (tertiary/aromatic N) is 1. The molecule has 60 heavy (non-hydrogen) atoms. The number of carbonyl (C=O) groups excluding carboxylic acids is 3. The van der Waals surface area contributed by atoms with Crippen LogP contribution in [0, 0.1) is 0 Å².